The fourth-order valence-corrected chi connectivity index (χ4v) is 1.83. The van der Waals surface area contributed by atoms with Crippen molar-refractivity contribution in [2.45, 2.75) is 71.5 Å². The van der Waals surface area contributed by atoms with Crippen LogP contribution in [0.1, 0.15) is 60.3 Å². The summed E-state index contributed by atoms with van der Waals surface area (Å²) in [5.41, 5.74) is -1.33. The second-order valence-corrected chi connectivity index (χ2v) is 5.39. The minimum atomic E-state index is -0.744. The molecule has 0 fully saturated rings. The highest BCUT2D eigenvalue weighted by molar-refractivity contribution is 5.86. The molecule has 2 atom stereocenters. The Kier molecular flexibility index (Phi) is 7.72. The van der Waals surface area contributed by atoms with Crippen molar-refractivity contribution in [3.05, 3.63) is 12.7 Å². The van der Waals surface area contributed by atoms with Crippen molar-refractivity contribution in [2.75, 3.05) is 6.61 Å². The molecule has 0 saturated heterocycles. The monoisotopic (exact) mass is 284 g/mol. The van der Waals surface area contributed by atoms with E-state index in [1.165, 1.54) is 0 Å². The summed E-state index contributed by atoms with van der Waals surface area (Å²) in [7, 11) is 0. The Morgan fingerprint density at radius 1 is 1.15 bits per heavy atom. The lowest BCUT2D eigenvalue weighted by Crippen LogP contribution is -2.40. The van der Waals surface area contributed by atoms with E-state index in [4.69, 9.17) is 9.47 Å². The maximum Gasteiger partial charge on any atom is 0.330 e. The van der Waals surface area contributed by atoms with E-state index in [1.54, 1.807) is 0 Å². The highest BCUT2D eigenvalue weighted by atomic mass is 16.6. The van der Waals surface area contributed by atoms with Crippen molar-refractivity contribution in [2.24, 2.45) is 0 Å². The Morgan fingerprint density at radius 3 is 2.15 bits per heavy atom. The lowest BCUT2D eigenvalue weighted by Gasteiger charge is -2.31. The topological polar surface area (TPSA) is 52.6 Å². The summed E-state index contributed by atoms with van der Waals surface area (Å²) >= 11 is 0. The predicted molar refractivity (Wildman–Crippen MR) is 79.5 cm³/mol. The van der Waals surface area contributed by atoms with Crippen LogP contribution < -0.4 is 0 Å². The molecule has 2 unspecified atom stereocenters. The van der Waals surface area contributed by atoms with Crippen molar-refractivity contribution in [1.29, 1.82) is 0 Å². The average Bonchev–Trinajstić information content (AvgIpc) is 2.45. The molecule has 0 bridgehead atoms. The summed E-state index contributed by atoms with van der Waals surface area (Å²) in [6.45, 7) is 13.2. The minimum Gasteiger partial charge on any atom is -0.456 e. The first-order chi connectivity index (χ1) is 9.26. The molecule has 0 radical (unpaired) electrons. The van der Waals surface area contributed by atoms with Crippen LogP contribution in [-0.2, 0) is 19.1 Å². The molecule has 4 heteroatoms. The van der Waals surface area contributed by atoms with Gasteiger partial charge in [-0.1, -0.05) is 27.4 Å². The fraction of sp³-hybridized carbons (Fsp3) is 0.750. The van der Waals surface area contributed by atoms with Gasteiger partial charge in [-0.15, -0.1) is 0 Å². The van der Waals surface area contributed by atoms with Gasteiger partial charge in [0.25, 0.3) is 0 Å². The Balaban J connectivity index is 4.54. The molecule has 20 heavy (non-hydrogen) atoms. The van der Waals surface area contributed by atoms with Crippen molar-refractivity contribution in [3.8, 4) is 0 Å². The molecule has 0 spiro atoms. The van der Waals surface area contributed by atoms with Gasteiger partial charge >= 0.3 is 5.97 Å². The van der Waals surface area contributed by atoms with Gasteiger partial charge in [-0.25, -0.2) is 4.79 Å². The third-order valence-electron chi connectivity index (χ3n) is 3.90. The van der Waals surface area contributed by atoms with Crippen LogP contribution in [0.5, 0.6) is 0 Å². The van der Waals surface area contributed by atoms with Crippen LogP contribution in [0.15, 0.2) is 12.7 Å². The highest BCUT2D eigenvalue weighted by Gasteiger charge is 2.32. The molecule has 0 aromatic heterocycles. The Hall–Kier alpha value is -1.16. The smallest absolute Gasteiger partial charge is 0.330 e. The second kappa shape index (κ2) is 8.20. The molecule has 4 nitrogen and oxygen atoms in total. The van der Waals surface area contributed by atoms with Gasteiger partial charge in [-0.05, 0) is 26.7 Å². The molecule has 0 rings (SSSR count). The van der Waals surface area contributed by atoms with Crippen molar-refractivity contribution >= 4 is 11.8 Å². The molecule has 0 aliphatic carbocycles. The Labute approximate surface area is 122 Å². The molecular weight excluding hydrogens is 256 g/mol. The number of rotatable bonds is 10. The number of Topliss-reactive ketones (excluding diaryl/α,β-unsaturated/α-hetero) is 1. The summed E-state index contributed by atoms with van der Waals surface area (Å²) in [5.74, 6) is -0.335. The van der Waals surface area contributed by atoms with E-state index in [2.05, 4.69) is 6.58 Å². The molecule has 0 heterocycles. The first-order valence-corrected chi connectivity index (χ1v) is 7.29. The van der Waals surface area contributed by atoms with Crippen LogP contribution in [0.25, 0.3) is 0 Å². The summed E-state index contributed by atoms with van der Waals surface area (Å²) in [6, 6.07) is 0. The fourth-order valence-electron chi connectivity index (χ4n) is 1.83. The van der Waals surface area contributed by atoms with E-state index in [9.17, 15) is 9.59 Å². The first-order valence-electron chi connectivity index (χ1n) is 7.29. The Morgan fingerprint density at radius 2 is 1.75 bits per heavy atom. The number of carbonyl (C=O) groups excluding carboxylic acids is 2. The molecule has 0 N–H and O–H groups in total. The van der Waals surface area contributed by atoms with Crippen LogP contribution in [0.4, 0.5) is 0 Å². The van der Waals surface area contributed by atoms with E-state index in [1.807, 2.05) is 34.6 Å². The molecule has 0 aromatic carbocycles. The van der Waals surface area contributed by atoms with Crippen LogP contribution in [0, 0.1) is 0 Å². The number of hydrogen-bond donors (Lipinski definition) is 0. The van der Waals surface area contributed by atoms with Crippen LogP contribution >= 0.6 is 0 Å². The third kappa shape index (κ3) is 5.45. The van der Waals surface area contributed by atoms with Crippen LogP contribution in [-0.4, -0.2) is 29.6 Å². The van der Waals surface area contributed by atoms with Gasteiger partial charge in [0, 0.05) is 18.9 Å². The predicted octanol–water partition coefficient (Wildman–Crippen LogP) is 3.44. The van der Waals surface area contributed by atoms with Crippen molar-refractivity contribution < 1.29 is 19.1 Å². The first kappa shape index (κ1) is 18.8. The molecule has 0 amide bonds. The summed E-state index contributed by atoms with van der Waals surface area (Å²) in [4.78, 5) is 23.2. The lowest BCUT2D eigenvalue weighted by atomic mass is 9.95. The Bertz CT molecular complexity index is 350. The molecule has 0 aliphatic rings. The minimum absolute atomic E-state index is 0.0984. The van der Waals surface area contributed by atoms with Crippen LogP contribution in [0.3, 0.4) is 0 Å². The van der Waals surface area contributed by atoms with Crippen molar-refractivity contribution in [1.82, 2.24) is 0 Å². The van der Waals surface area contributed by atoms with E-state index in [0.717, 1.165) is 6.08 Å². The standard InChI is InChI=1S/C16H28O4/c1-7-13(17)16(6,10-4)19-12-11-15(5,9-3)20-14(18)8-2/h8H,2,7,9-12H2,1,3-6H3. The zero-order valence-corrected chi connectivity index (χ0v) is 13.5. The SMILES string of the molecule is C=CC(=O)OC(C)(CC)CCOC(C)(CC)C(=O)CC. The zero-order chi connectivity index (χ0) is 15.8. The number of hydrogen-bond acceptors (Lipinski definition) is 4. The number of ketones is 1. The molecule has 0 aliphatic heterocycles. The zero-order valence-electron chi connectivity index (χ0n) is 13.5. The van der Waals surface area contributed by atoms with Gasteiger partial charge in [0.05, 0.1) is 6.61 Å². The van der Waals surface area contributed by atoms with Gasteiger partial charge in [-0.3, -0.25) is 4.79 Å². The average molecular weight is 284 g/mol. The highest BCUT2D eigenvalue weighted by Crippen LogP contribution is 2.24. The normalized spacial score (nSPS) is 16.9. The van der Waals surface area contributed by atoms with Gasteiger partial charge < -0.3 is 9.47 Å². The lowest BCUT2D eigenvalue weighted by molar-refractivity contribution is -0.158. The molecular formula is C16H28O4. The molecule has 0 saturated carbocycles. The summed E-state index contributed by atoms with van der Waals surface area (Å²) in [6.07, 6.45) is 3.48. The second-order valence-electron chi connectivity index (χ2n) is 5.39. The van der Waals surface area contributed by atoms with E-state index < -0.39 is 17.2 Å². The van der Waals surface area contributed by atoms with E-state index >= 15 is 0 Å². The number of carbonyl (C=O) groups is 2. The quantitative estimate of drug-likeness (QED) is 0.455. The number of ether oxygens (including phenoxy) is 2. The van der Waals surface area contributed by atoms with E-state index in [-0.39, 0.29) is 5.78 Å². The van der Waals surface area contributed by atoms with Gasteiger partial charge in [0.2, 0.25) is 0 Å². The summed E-state index contributed by atoms with van der Waals surface area (Å²) in [5, 5.41) is 0. The van der Waals surface area contributed by atoms with Crippen molar-refractivity contribution in [3.63, 3.8) is 0 Å². The summed E-state index contributed by atoms with van der Waals surface area (Å²) < 4.78 is 11.1. The van der Waals surface area contributed by atoms with Gasteiger partial charge in [0.15, 0.2) is 5.78 Å². The van der Waals surface area contributed by atoms with Gasteiger partial charge in [-0.2, -0.15) is 0 Å². The van der Waals surface area contributed by atoms with Crippen LogP contribution in [0.2, 0.25) is 0 Å². The van der Waals surface area contributed by atoms with E-state index in [0.29, 0.717) is 32.3 Å². The maximum absolute atomic E-state index is 11.9. The largest absolute Gasteiger partial charge is 0.456 e. The van der Waals surface area contributed by atoms with Gasteiger partial charge in [0.1, 0.15) is 11.2 Å². The molecule has 116 valence electrons. The third-order valence-corrected chi connectivity index (χ3v) is 3.90. The maximum atomic E-state index is 11.9. The molecule has 0 aromatic rings. The number of esters is 1.